The summed E-state index contributed by atoms with van der Waals surface area (Å²) in [4.78, 5) is 19.2. The van der Waals surface area contributed by atoms with Crippen LogP contribution in [0.15, 0.2) is 97.2 Å². The number of allylic oxidation sites excluding steroid dienone is 16. The van der Waals surface area contributed by atoms with E-state index in [1.54, 1.807) is 0 Å². The van der Waals surface area contributed by atoms with Crippen molar-refractivity contribution in [2.45, 2.75) is 388 Å². The fourth-order valence-corrected chi connectivity index (χ4v) is 11.3. The molecule has 7 nitrogen and oxygen atoms in total. The van der Waals surface area contributed by atoms with Crippen molar-refractivity contribution in [3.63, 3.8) is 0 Å². The predicted octanol–water partition coefficient (Wildman–Crippen LogP) is 26.7. The number of aliphatic hydroxyl groups excluding tert-OH is 1. The van der Waals surface area contributed by atoms with E-state index in [0.29, 0.717) is 6.54 Å². The molecule has 0 rings (SSSR count). The predicted molar refractivity (Wildman–Crippen MR) is 425 cm³/mol. The van der Waals surface area contributed by atoms with Gasteiger partial charge in [0.15, 0.2) is 0 Å². The molecule has 1 atom stereocenters. The van der Waals surface area contributed by atoms with Crippen LogP contribution in [-0.2, 0) is 4.74 Å². The van der Waals surface area contributed by atoms with Crippen molar-refractivity contribution in [2.75, 3.05) is 67.5 Å². The number of nitrogens with zero attached hydrogens (tertiary/aromatic N) is 3. The van der Waals surface area contributed by atoms with Gasteiger partial charge in [-0.1, -0.05) is 299 Å². The van der Waals surface area contributed by atoms with E-state index in [2.05, 4.69) is 182 Å². The minimum absolute atomic E-state index is 0.0573. The SMILES string of the molecule is CCCCC/C=C\C/C=C\CCCCCCCCC(O)CCCCCCCC/C=C\C/C=C\CCCCC.CCCCC/C=C\C/C=C\CCCCCCCCCC(CCCCCCC/C=C\C/C=C\CCCCC)OC(=O)N(CC)CCN(C)C.CCNCCN(C)C. The first kappa shape index (κ1) is 95.2. The molecule has 94 heavy (non-hydrogen) atoms. The van der Waals surface area contributed by atoms with Gasteiger partial charge in [0.25, 0.3) is 0 Å². The first-order valence-corrected chi connectivity index (χ1v) is 41.0. The van der Waals surface area contributed by atoms with Gasteiger partial charge in [0.05, 0.1) is 6.10 Å². The average molecular weight is 1320 g/mol. The second-order valence-corrected chi connectivity index (χ2v) is 27.7. The lowest BCUT2D eigenvalue weighted by Crippen LogP contribution is -2.38. The number of hydrogen-bond acceptors (Lipinski definition) is 6. The number of unbranched alkanes of at least 4 members (excludes halogenated alkanes) is 36. The van der Waals surface area contributed by atoms with Crippen LogP contribution in [0, 0.1) is 0 Å². The highest BCUT2D eigenvalue weighted by atomic mass is 16.6. The second kappa shape index (κ2) is 86.1. The molecule has 0 aliphatic rings. The summed E-state index contributed by atoms with van der Waals surface area (Å²) in [6, 6.07) is 0. The molecule has 0 aromatic carbocycles. The van der Waals surface area contributed by atoms with E-state index in [-0.39, 0.29) is 18.3 Å². The number of rotatable bonds is 69. The summed E-state index contributed by atoms with van der Waals surface area (Å²) in [6.45, 7) is 18.8. The van der Waals surface area contributed by atoms with Crippen molar-refractivity contribution in [3.8, 4) is 0 Å². The highest BCUT2D eigenvalue weighted by molar-refractivity contribution is 5.67. The Kier molecular flexibility index (Phi) is 87.2. The van der Waals surface area contributed by atoms with E-state index in [4.69, 9.17) is 4.74 Å². The summed E-state index contributed by atoms with van der Waals surface area (Å²) < 4.78 is 6.13. The lowest BCUT2D eigenvalue weighted by Gasteiger charge is -2.26. The van der Waals surface area contributed by atoms with Gasteiger partial charge in [0, 0.05) is 32.7 Å². The van der Waals surface area contributed by atoms with Crippen LogP contribution in [0.4, 0.5) is 4.79 Å². The van der Waals surface area contributed by atoms with E-state index < -0.39 is 0 Å². The summed E-state index contributed by atoms with van der Waals surface area (Å²) >= 11 is 0. The molecule has 0 bridgehead atoms. The summed E-state index contributed by atoms with van der Waals surface area (Å²) in [5.74, 6) is 0. The molecule has 7 heteroatoms. The van der Waals surface area contributed by atoms with Gasteiger partial charge in [0.2, 0.25) is 0 Å². The molecule has 0 saturated carbocycles. The maximum atomic E-state index is 13.0. The molecule has 0 saturated heterocycles. The Bertz CT molecular complexity index is 1630. The highest BCUT2D eigenvalue weighted by Crippen LogP contribution is 2.20. The van der Waals surface area contributed by atoms with Crippen LogP contribution in [0.1, 0.15) is 375 Å². The fourth-order valence-electron chi connectivity index (χ4n) is 11.3. The van der Waals surface area contributed by atoms with Gasteiger partial charge >= 0.3 is 6.09 Å². The molecule has 0 aliphatic carbocycles. The Labute approximate surface area is 590 Å². The third kappa shape index (κ3) is 87.0. The topological polar surface area (TPSA) is 68.3 Å². The average Bonchev–Trinajstić information content (AvgIpc) is 1.94. The van der Waals surface area contributed by atoms with E-state index in [9.17, 15) is 9.90 Å². The molecular weight excluding hydrogens is 1150 g/mol. The van der Waals surface area contributed by atoms with E-state index in [0.717, 1.165) is 96.9 Å². The molecule has 0 aromatic rings. The Morgan fingerprint density at radius 1 is 0.330 bits per heavy atom. The number of carbonyl (C=O) groups excluding carboxylic acids is 1. The molecule has 0 aromatic heterocycles. The van der Waals surface area contributed by atoms with Crippen LogP contribution in [0.2, 0.25) is 0 Å². The summed E-state index contributed by atoms with van der Waals surface area (Å²) in [5, 5.41) is 13.5. The fraction of sp³-hybridized carbons (Fsp3) is 0.805. The van der Waals surface area contributed by atoms with Crippen molar-refractivity contribution in [2.24, 2.45) is 0 Å². The van der Waals surface area contributed by atoms with Crippen molar-refractivity contribution >= 4 is 6.09 Å². The number of amides is 1. The number of aliphatic hydroxyl groups is 1. The first-order valence-electron chi connectivity index (χ1n) is 41.0. The standard InChI is InChI=1S/C44H82N2O2.C37H68O.C6H16N2/c1-6-9-11-13-15-17-19-21-23-24-26-28-30-32-34-36-38-40-43(48-44(47)46(8-3)42-41-45(4)5)39-37-35-33-31-29-27-25-22-20-18-16-14-12-10-7-2;1-3-5-7-9-11-13-15-17-19-21-23-25-27-29-31-33-35-37(38)36-34-32-30-28-26-24-22-20-18-16-14-12-10-8-6-4-2;1-4-7-5-6-8(2)3/h15-18,21-23,25,43H,6-14,19-20,24,26-42H2,1-5H3;11-14,17-20,37-38H,3-10,15-16,21-36H2,1-2H3;7H,4-6H2,1-3H3/b17-15-,18-16-,23-21-,25-22-;13-11-,14-12-,19-17-,20-18-;. The molecule has 0 spiro atoms. The van der Waals surface area contributed by atoms with Gasteiger partial charge in [-0.2, -0.15) is 0 Å². The van der Waals surface area contributed by atoms with E-state index >= 15 is 0 Å². The Morgan fingerprint density at radius 2 is 0.585 bits per heavy atom. The van der Waals surface area contributed by atoms with Gasteiger partial charge < -0.3 is 29.9 Å². The second-order valence-electron chi connectivity index (χ2n) is 27.7. The number of hydrogen-bond donors (Lipinski definition) is 2. The maximum Gasteiger partial charge on any atom is 0.410 e. The van der Waals surface area contributed by atoms with Crippen LogP contribution >= 0.6 is 0 Å². The van der Waals surface area contributed by atoms with Gasteiger partial charge in [-0.05, 0) is 209 Å². The monoisotopic (exact) mass is 1320 g/mol. The third-order valence-electron chi connectivity index (χ3n) is 17.6. The van der Waals surface area contributed by atoms with E-state index in [1.165, 1.54) is 270 Å². The smallest absolute Gasteiger partial charge is 0.410 e. The Morgan fingerprint density at radius 3 is 0.840 bits per heavy atom. The Hall–Kier alpha value is -2.97. The van der Waals surface area contributed by atoms with Gasteiger partial charge in [0.1, 0.15) is 6.10 Å². The van der Waals surface area contributed by atoms with Gasteiger partial charge in [-0.3, -0.25) is 0 Å². The molecule has 0 radical (unpaired) electrons. The largest absolute Gasteiger partial charge is 0.446 e. The number of ether oxygens (including phenoxy) is 1. The summed E-state index contributed by atoms with van der Waals surface area (Å²) in [6.07, 6.45) is 102. The van der Waals surface area contributed by atoms with E-state index in [1.807, 2.05) is 4.90 Å². The minimum atomic E-state index is -0.121. The van der Waals surface area contributed by atoms with Crippen molar-refractivity contribution < 1.29 is 14.6 Å². The van der Waals surface area contributed by atoms with Gasteiger partial charge in [-0.25, -0.2) is 4.79 Å². The van der Waals surface area contributed by atoms with Crippen LogP contribution in [-0.4, -0.2) is 106 Å². The lowest BCUT2D eigenvalue weighted by atomic mass is 10.0. The van der Waals surface area contributed by atoms with Crippen LogP contribution in [0.3, 0.4) is 0 Å². The zero-order chi connectivity index (χ0) is 69.2. The summed E-state index contributed by atoms with van der Waals surface area (Å²) in [7, 11) is 8.27. The van der Waals surface area contributed by atoms with Gasteiger partial charge in [-0.15, -0.1) is 0 Å². The van der Waals surface area contributed by atoms with Crippen molar-refractivity contribution in [1.82, 2.24) is 20.0 Å². The molecule has 0 aliphatic heterocycles. The van der Waals surface area contributed by atoms with Crippen molar-refractivity contribution in [1.29, 1.82) is 0 Å². The normalized spacial score (nSPS) is 12.5. The molecule has 2 N–H and O–H groups in total. The van der Waals surface area contributed by atoms with Crippen LogP contribution in [0.25, 0.3) is 0 Å². The van der Waals surface area contributed by atoms with Crippen LogP contribution in [0.5, 0.6) is 0 Å². The highest BCUT2D eigenvalue weighted by Gasteiger charge is 2.19. The molecule has 1 amide bonds. The quantitative estimate of drug-likeness (QED) is 0.0467. The maximum absolute atomic E-state index is 13.0. The van der Waals surface area contributed by atoms with Crippen molar-refractivity contribution in [3.05, 3.63) is 97.2 Å². The molecular formula is C87H166N4O3. The number of likely N-dealkylation sites (N-methyl/N-ethyl adjacent to an activating group) is 4. The van der Waals surface area contributed by atoms with Crippen LogP contribution < -0.4 is 5.32 Å². The Balaban J connectivity index is -0.00000161. The number of carbonyl (C=O) groups is 1. The molecule has 1 unspecified atom stereocenters. The minimum Gasteiger partial charge on any atom is -0.446 e. The third-order valence-corrected chi connectivity index (χ3v) is 17.6. The number of nitrogens with one attached hydrogen (secondary N) is 1. The molecule has 0 fully saturated rings. The summed E-state index contributed by atoms with van der Waals surface area (Å²) in [5.41, 5.74) is 0. The first-order chi connectivity index (χ1) is 46.1. The lowest BCUT2D eigenvalue weighted by molar-refractivity contribution is 0.0524. The zero-order valence-electron chi connectivity index (χ0n) is 65.0. The molecule has 0 heterocycles. The zero-order valence-corrected chi connectivity index (χ0v) is 65.0. The molecule has 552 valence electrons.